The quantitative estimate of drug-likeness (QED) is 0.432. The number of aromatic carboxylic acids is 1. The van der Waals surface area contributed by atoms with Crippen molar-refractivity contribution in [3.05, 3.63) is 58.6 Å². The van der Waals surface area contributed by atoms with Gasteiger partial charge in [-0.15, -0.1) is 5.10 Å². The van der Waals surface area contributed by atoms with E-state index in [0.717, 1.165) is 10.2 Å². The van der Waals surface area contributed by atoms with Crippen molar-refractivity contribution in [1.29, 1.82) is 0 Å². The minimum atomic E-state index is -1.07. The van der Waals surface area contributed by atoms with Gasteiger partial charge < -0.3 is 24.0 Å². The number of hydrogen-bond donors (Lipinski definition) is 1. The van der Waals surface area contributed by atoms with E-state index in [9.17, 15) is 9.59 Å². The molecule has 3 rings (SSSR count). The fraction of sp³-hybridized carbons (Fsp3) is 0.300. The molecule has 0 spiro atoms. The predicted molar refractivity (Wildman–Crippen MR) is 114 cm³/mol. The zero-order chi connectivity index (χ0) is 22.4. The first kappa shape index (κ1) is 22.5. The Morgan fingerprint density at radius 3 is 2.81 bits per heavy atom. The number of halogens is 1. The van der Waals surface area contributed by atoms with E-state index in [-0.39, 0.29) is 24.8 Å². The molecule has 0 saturated carbocycles. The molecule has 0 saturated heterocycles. The van der Waals surface area contributed by atoms with Gasteiger partial charge in [0.2, 0.25) is 5.91 Å². The summed E-state index contributed by atoms with van der Waals surface area (Å²) in [6, 6.07) is 8.63. The predicted octanol–water partition coefficient (Wildman–Crippen LogP) is 2.21. The zero-order valence-electron chi connectivity index (χ0n) is 17.1. The number of likely N-dealkylation sites (N-methyl/N-ethyl adjacent to an activating group) is 1. The SMILES string of the molecule is COc1cccc(Br)c1-n1cc(COCCN(C)C(=O)Cn2cccc2C(=O)O)nn1. The number of para-hydroxylation sites is 1. The third kappa shape index (κ3) is 5.50. The molecule has 0 fully saturated rings. The van der Waals surface area contributed by atoms with Crippen LogP contribution in [0.15, 0.2) is 47.2 Å². The van der Waals surface area contributed by atoms with E-state index in [1.54, 1.807) is 37.3 Å². The smallest absolute Gasteiger partial charge is 0.352 e. The van der Waals surface area contributed by atoms with Gasteiger partial charge in [-0.1, -0.05) is 11.3 Å². The van der Waals surface area contributed by atoms with Gasteiger partial charge in [-0.2, -0.15) is 0 Å². The van der Waals surface area contributed by atoms with Gasteiger partial charge in [-0.05, 0) is 40.2 Å². The minimum Gasteiger partial charge on any atom is -0.494 e. The second kappa shape index (κ2) is 10.2. The summed E-state index contributed by atoms with van der Waals surface area (Å²) in [5.41, 5.74) is 1.44. The number of carboxylic acid groups (broad SMARTS) is 1. The maximum Gasteiger partial charge on any atom is 0.352 e. The third-order valence-electron chi connectivity index (χ3n) is 4.54. The molecule has 31 heavy (non-hydrogen) atoms. The first-order chi connectivity index (χ1) is 14.9. The van der Waals surface area contributed by atoms with E-state index in [4.69, 9.17) is 14.6 Å². The van der Waals surface area contributed by atoms with Crippen LogP contribution < -0.4 is 4.74 Å². The number of methoxy groups -OCH3 is 1. The van der Waals surface area contributed by atoms with Crippen LogP contribution in [0, 0.1) is 0 Å². The lowest BCUT2D eigenvalue weighted by Crippen LogP contribution is -2.33. The molecule has 3 aromatic rings. The summed E-state index contributed by atoms with van der Waals surface area (Å²) in [7, 11) is 3.23. The highest BCUT2D eigenvalue weighted by Crippen LogP contribution is 2.29. The van der Waals surface area contributed by atoms with Crippen LogP contribution >= 0.6 is 15.9 Å². The number of hydrogen-bond acceptors (Lipinski definition) is 6. The lowest BCUT2D eigenvalue weighted by molar-refractivity contribution is -0.131. The summed E-state index contributed by atoms with van der Waals surface area (Å²) in [6.07, 6.45) is 3.31. The summed E-state index contributed by atoms with van der Waals surface area (Å²) in [4.78, 5) is 24.9. The van der Waals surface area contributed by atoms with Crippen LogP contribution in [0.2, 0.25) is 0 Å². The Kier molecular flexibility index (Phi) is 7.42. The highest BCUT2D eigenvalue weighted by Gasteiger charge is 2.15. The van der Waals surface area contributed by atoms with Crippen molar-refractivity contribution >= 4 is 27.8 Å². The second-order valence-electron chi connectivity index (χ2n) is 6.64. The van der Waals surface area contributed by atoms with Crippen LogP contribution in [0.3, 0.4) is 0 Å². The number of carboxylic acids is 1. The Balaban J connectivity index is 1.49. The topological polar surface area (TPSA) is 112 Å². The molecule has 0 aliphatic carbocycles. The molecule has 2 heterocycles. The summed E-state index contributed by atoms with van der Waals surface area (Å²) in [5.74, 6) is -0.633. The number of aromatic nitrogens is 4. The second-order valence-corrected chi connectivity index (χ2v) is 7.49. The van der Waals surface area contributed by atoms with Crippen LogP contribution in [-0.2, 0) is 22.7 Å². The molecule has 0 radical (unpaired) electrons. The number of carbonyl (C=O) groups is 2. The van der Waals surface area contributed by atoms with Gasteiger partial charge in [0.05, 0.1) is 26.5 Å². The van der Waals surface area contributed by atoms with Crippen molar-refractivity contribution in [1.82, 2.24) is 24.5 Å². The molecule has 11 heteroatoms. The Bertz CT molecular complexity index is 1060. The first-order valence-corrected chi connectivity index (χ1v) is 10.1. The summed E-state index contributed by atoms with van der Waals surface area (Å²) >= 11 is 3.49. The van der Waals surface area contributed by atoms with Crippen molar-refractivity contribution in [3.63, 3.8) is 0 Å². The maximum absolute atomic E-state index is 12.3. The Hall–Kier alpha value is -3.18. The van der Waals surface area contributed by atoms with Gasteiger partial charge >= 0.3 is 5.97 Å². The number of rotatable bonds is 10. The zero-order valence-corrected chi connectivity index (χ0v) is 18.7. The molecule has 0 atom stereocenters. The van der Waals surface area contributed by atoms with Crippen LogP contribution in [0.1, 0.15) is 16.2 Å². The van der Waals surface area contributed by atoms with Crippen molar-refractivity contribution in [3.8, 4) is 11.4 Å². The lowest BCUT2D eigenvalue weighted by atomic mass is 10.3. The normalized spacial score (nSPS) is 10.8. The molecule has 1 amide bonds. The highest BCUT2D eigenvalue weighted by atomic mass is 79.9. The molecule has 1 aromatic carbocycles. The monoisotopic (exact) mass is 491 g/mol. The number of benzene rings is 1. The Morgan fingerprint density at radius 1 is 1.26 bits per heavy atom. The Morgan fingerprint density at radius 2 is 2.06 bits per heavy atom. The van der Waals surface area contributed by atoms with Crippen molar-refractivity contribution in [2.24, 2.45) is 0 Å². The van der Waals surface area contributed by atoms with Gasteiger partial charge in [0.25, 0.3) is 0 Å². The van der Waals surface area contributed by atoms with Crippen molar-refractivity contribution < 1.29 is 24.2 Å². The van der Waals surface area contributed by atoms with Gasteiger partial charge in [-0.25, -0.2) is 9.48 Å². The number of nitrogens with zero attached hydrogens (tertiary/aromatic N) is 5. The van der Waals surface area contributed by atoms with E-state index in [0.29, 0.717) is 24.6 Å². The van der Waals surface area contributed by atoms with E-state index >= 15 is 0 Å². The average molecular weight is 492 g/mol. The highest BCUT2D eigenvalue weighted by molar-refractivity contribution is 9.10. The molecular weight excluding hydrogens is 470 g/mol. The minimum absolute atomic E-state index is 0.0484. The summed E-state index contributed by atoms with van der Waals surface area (Å²) in [5, 5.41) is 17.4. The third-order valence-corrected chi connectivity index (χ3v) is 5.18. The van der Waals surface area contributed by atoms with Crippen LogP contribution in [0.25, 0.3) is 5.69 Å². The van der Waals surface area contributed by atoms with E-state index in [2.05, 4.69) is 26.2 Å². The van der Waals surface area contributed by atoms with Crippen molar-refractivity contribution in [2.75, 3.05) is 27.3 Å². The molecule has 2 aromatic heterocycles. The maximum atomic E-state index is 12.3. The lowest BCUT2D eigenvalue weighted by Gasteiger charge is -2.18. The molecule has 0 bridgehead atoms. The molecular formula is C20H22BrN5O5. The van der Waals surface area contributed by atoms with Crippen LogP contribution in [0.4, 0.5) is 0 Å². The van der Waals surface area contributed by atoms with E-state index in [1.165, 1.54) is 15.5 Å². The number of carbonyl (C=O) groups excluding carboxylic acids is 1. The average Bonchev–Trinajstić information content (AvgIpc) is 3.40. The van der Waals surface area contributed by atoms with E-state index in [1.807, 2.05) is 18.2 Å². The fourth-order valence-electron chi connectivity index (χ4n) is 2.87. The standard InChI is InChI=1S/C20H22BrN5O5/c1-24(18(27)12-25-8-4-6-16(25)20(28)29)9-10-31-13-14-11-26(23-22-14)19-15(21)5-3-7-17(19)30-2/h3-8,11H,9-10,12-13H2,1-2H3,(H,28,29). The molecule has 1 N–H and O–H groups in total. The summed E-state index contributed by atoms with van der Waals surface area (Å²) < 4.78 is 14.8. The fourth-order valence-corrected chi connectivity index (χ4v) is 3.40. The molecule has 0 aliphatic rings. The molecule has 164 valence electrons. The van der Waals surface area contributed by atoms with Gasteiger partial charge in [-0.3, -0.25) is 4.79 Å². The van der Waals surface area contributed by atoms with Gasteiger partial charge in [0.1, 0.15) is 29.4 Å². The molecule has 0 aliphatic heterocycles. The van der Waals surface area contributed by atoms with Crippen LogP contribution in [-0.4, -0.2) is 68.8 Å². The van der Waals surface area contributed by atoms with Crippen molar-refractivity contribution in [2.45, 2.75) is 13.2 Å². The first-order valence-electron chi connectivity index (χ1n) is 9.35. The molecule has 0 unspecified atom stereocenters. The van der Waals surface area contributed by atoms with E-state index < -0.39 is 5.97 Å². The molecule has 10 nitrogen and oxygen atoms in total. The van der Waals surface area contributed by atoms with Gasteiger partial charge in [0, 0.05) is 24.3 Å². The number of amides is 1. The van der Waals surface area contributed by atoms with Crippen LogP contribution in [0.5, 0.6) is 5.75 Å². The van der Waals surface area contributed by atoms with Gasteiger partial charge in [0.15, 0.2) is 0 Å². The largest absolute Gasteiger partial charge is 0.494 e. The Labute approximate surface area is 187 Å². The number of ether oxygens (including phenoxy) is 2. The summed E-state index contributed by atoms with van der Waals surface area (Å²) in [6.45, 7) is 0.836.